The first kappa shape index (κ1) is 34.7. The lowest BCUT2D eigenvalue weighted by molar-refractivity contribution is -0.114. The van der Waals surface area contributed by atoms with Gasteiger partial charge in [-0.3, -0.25) is 19.0 Å². The summed E-state index contributed by atoms with van der Waals surface area (Å²) in [6.07, 6.45) is 4.05. The Hall–Kier alpha value is -5.65. The minimum absolute atomic E-state index is 0.0688. The number of anilines is 3. The van der Waals surface area contributed by atoms with Crippen molar-refractivity contribution in [3.8, 4) is 28.4 Å². The number of aromatic nitrogens is 3. The minimum atomic E-state index is -0.463. The van der Waals surface area contributed by atoms with Gasteiger partial charge < -0.3 is 24.8 Å². The highest BCUT2D eigenvalue weighted by Gasteiger charge is 2.24. The second-order valence-corrected chi connectivity index (χ2v) is 11.3. The van der Waals surface area contributed by atoms with Gasteiger partial charge in [-0.1, -0.05) is 60.6 Å². The summed E-state index contributed by atoms with van der Waals surface area (Å²) in [4.78, 5) is 47.8. The SMILES string of the molecule is C=CC(=O)Cc1cccc(OC)c1Nc1ncc2cc(-c3c(Cl)c(OC)cc(OC)c3Cl)c(=O)n(Cc3ccc(NC(=O)C=C)cc3)c2n1. The lowest BCUT2D eigenvalue weighted by Gasteiger charge is -2.18. The molecule has 0 aliphatic carbocycles. The Labute approximate surface area is 291 Å². The van der Waals surface area contributed by atoms with E-state index in [0.717, 1.165) is 5.56 Å². The van der Waals surface area contributed by atoms with E-state index >= 15 is 0 Å². The van der Waals surface area contributed by atoms with Gasteiger partial charge in [0, 0.05) is 35.3 Å². The fourth-order valence-electron chi connectivity index (χ4n) is 5.14. The maximum Gasteiger partial charge on any atom is 0.260 e. The van der Waals surface area contributed by atoms with Crippen LogP contribution in [0, 0.1) is 0 Å². The van der Waals surface area contributed by atoms with Crippen LogP contribution in [0.5, 0.6) is 17.2 Å². The number of carbonyl (C=O) groups excluding carboxylic acids is 2. The molecule has 5 rings (SSSR count). The summed E-state index contributed by atoms with van der Waals surface area (Å²) in [5, 5.41) is 6.61. The number of ketones is 1. The molecule has 0 fully saturated rings. The molecular weight excluding hydrogens is 669 g/mol. The average molecular weight is 701 g/mol. The summed E-state index contributed by atoms with van der Waals surface area (Å²) >= 11 is 13.5. The van der Waals surface area contributed by atoms with E-state index in [9.17, 15) is 14.4 Å². The first-order chi connectivity index (χ1) is 23.6. The third-order valence-electron chi connectivity index (χ3n) is 7.58. The summed E-state index contributed by atoms with van der Waals surface area (Å²) in [6, 6.07) is 15.4. The number of para-hydroxylation sites is 1. The van der Waals surface area contributed by atoms with Gasteiger partial charge in [-0.15, -0.1) is 0 Å². The molecule has 13 heteroatoms. The summed E-state index contributed by atoms with van der Waals surface area (Å²) in [7, 11) is 4.40. The van der Waals surface area contributed by atoms with Crippen molar-refractivity contribution in [3.63, 3.8) is 0 Å². The van der Waals surface area contributed by atoms with Crippen molar-refractivity contribution >= 4 is 63.2 Å². The molecule has 2 N–H and O–H groups in total. The van der Waals surface area contributed by atoms with Crippen LogP contribution in [0.3, 0.4) is 0 Å². The summed E-state index contributed by atoms with van der Waals surface area (Å²) < 4.78 is 17.9. The molecule has 3 aromatic carbocycles. The topological polar surface area (TPSA) is 134 Å². The quantitative estimate of drug-likeness (QED) is 0.125. The highest BCUT2D eigenvalue weighted by molar-refractivity contribution is 6.41. The molecule has 2 heterocycles. The molecule has 0 unspecified atom stereocenters. The largest absolute Gasteiger partial charge is 0.495 e. The van der Waals surface area contributed by atoms with Gasteiger partial charge in [0.15, 0.2) is 5.78 Å². The van der Waals surface area contributed by atoms with Crippen LogP contribution >= 0.6 is 23.2 Å². The number of rotatable bonds is 13. The number of pyridine rings is 1. The number of nitrogens with zero attached hydrogens (tertiary/aromatic N) is 3. The molecule has 1 amide bonds. The van der Waals surface area contributed by atoms with Crippen molar-refractivity contribution in [2.45, 2.75) is 13.0 Å². The Balaban J connectivity index is 1.70. The molecule has 5 aromatic rings. The molecule has 49 heavy (non-hydrogen) atoms. The number of allylic oxidation sites excluding steroid dienone is 1. The van der Waals surface area contributed by atoms with E-state index in [4.69, 9.17) is 42.4 Å². The number of methoxy groups -OCH3 is 3. The van der Waals surface area contributed by atoms with E-state index in [1.54, 1.807) is 54.7 Å². The van der Waals surface area contributed by atoms with E-state index in [1.807, 2.05) is 0 Å². The van der Waals surface area contributed by atoms with Crippen LogP contribution in [0.2, 0.25) is 10.0 Å². The van der Waals surface area contributed by atoms with Crippen molar-refractivity contribution < 1.29 is 23.8 Å². The first-order valence-electron chi connectivity index (χ1n) is 14.7. The number of carbonyl (C=O) groups is 2. The average Bonchev–Trinajstić information content (AvgIpc) is 3.11. The standard InChI is InChI=1S/C36H31Cl2N5O6/c1-6-24(44)15-21-9-8-10-26(47-3)33(21)41-36-39-18-22-16-25(30-31(37)27(48-4)17-28(49-5)32(30)38)35(46)43(34(22)42-36)19-20-11-13-23(14-12-20)40-29(45)7-2/h6-14,16-18H,1-2,15,19H2,3-5H3,(H,40,45)(H,39,41,42). The Morgan fingerprint density at radius 3 is 2.20 bits per heavy atom. The maximum absolute atomic E-state index is 14.5. The van der Waals surface area contributed by atoms with Gasteiger partial charge in [0.25, 0.3) is 5.56 Å². The van der Waals surface area contributed by atoms with E-state index in [0.29, 0.717) is 28.1 Å². The van der Waals surface area contributed by atoms with Gasteiger partial charge in [-0.05, 0) is 47.5 Å². The molecule has 0 aliphatic heterocycles. The first-order valence-corrected chi connectivity index (χ1v) is 15.5. The van der Waals surface area contributed by atoms with E-state index in [1.165, 1.54) is 44.1 Å². The Bertz CT molecular complexity index is 2140. The van der Waals surface area contributed by atoms with Crippen LogP contribution in [0.4, 0.5) is 17.3 Å². The number of benzene rings is 3. The second-order valence-electron chi connectivity index (χ2n) is 10.6. The normalized spacial score (nSPS) is 10.7. The van der Waals surface area contributed by atoms with Crippen molar-refractivity contribution in [2.24, 2.45) is 0 Å². The van der Waals surface area contributed by atoms with Crippen molar-refractivity contribution in [1.29, 1.82) is 0 Å². The third kappa shape index (κ3) is 7.28. The Morgan fingerprint density at radius 1 is 0.918 bits per heavy atom. The smallest absolute Gasteiger partial charge is 0.260 e. The van der Waals surface area contributed by atoms with Gasteiger partial charge >= 0.3 is 0 Å². The number of nitrogens with one attached hydrogen (secondary N) is 2. The minimum Gasteiger partial charge on any atom is -0.495 e. The molecule has 250 valence electrons. The van der Waals surface area contributed by atoms with Crippen LogP contribution in [0.1, 0.15) is 11.1 Å². The van der Waals surface area contributed by atoms with Crippen molar-refractivity contribution in [2.75, 3.05) is 32.0 Å². The monoisotopic (exact) mass is 699 g/mol. The van der Waals surface area contributed by atoms with Gasteiger partial charge in [-0.25, -0.2) is 4.98 Å². The number of ether oxygens (including phenoxy) is 3. The lowest BCUT2D eigenvalue weighted by Crippen LogP contribution is -2.24. The molecule has 0 aliphatic rings. The highest BCUT2D eigenvalue weighted by Crippen LogP contribution is 2.45. The fraction of sp³-hybridized carbons (Fsp3) is 0.139. The predicted octanol–water partition coefficient (Wildman–Crippen LogP) is 7.01. The predicted molar refractivity (Wildman–Crippen MR) is 192 cm³/mol. The van der Waals surface area contributed by atoms with Crippen LogP contribution < -0.4 is 30.4 Å². The Kier molecular flexibility index (Phi) is 10.7. The zero-order valence-electron chi connectivity index (χ0n) is 26.8. The molecule has 0 radical (unpaired) electrons. The van der Waals surface area contributed by atoms with Gasteiger partial charge in [-0.2, -0.15) is 4.98 Å². The van der Waals surface area contributed by atoms with Crippen LogP contribution in [0.15, 0.2) is 90.9 Å². The zero-order valence-corrected chi connectivity index (χ0v) is 28.3. The highest BCUT2D eigenvalue weighted by atomic mass is 35.5. The van der Waals surface area contributed by atoms with Gasteiger partial charge in [0.2, 0.25) is 11.9 Å². The Morgan fingerprint density at radius 2 is 1.59 bits per heavy atom. The van der Waals surface area contributed by atoms with Gasteiger partial charge in [0.05, 0.1) is 49.2 Å². The lowest BCUT2D eigenvalue weighted by atomic mass is 10.0. The molecule has 11 nitrogen and oxygen atoms in total. The molecule has 0 spiro atoms. The second kappa shape index (κ2) is 15.1. The number of hydrogen-bond donors (Lipinski definition) is 2. The van der Waals surface area contributed by atoms with Crippen molar-refractivity contribution in [3.05, 3.63) is 118 Å². The molecule has 0 saturated carbocycles. The summed E-state index contributed by atoms with van der Waals surface area (Å²) in [5.41, 5.74) is 2.61. The third-order valence-corrected chi connectivity index (χ3v) is 8.33. The molecule has 2 aromatic heterocycles. The van der Waals surface area contributed by atoms with Crippen LogP contribution in [-0.4, -0.2) is 47.6 Å². The van der Waals surface area contributed by atoms with Crippen molar-refractivity contribution in [1.82, 2.24) is 14.5 Å². The molecule has 0 saturated heterocycles. The number of halogens is 2. The summed E-state index contributed by atoms with van der Waals surface area (Å²) in [5.74, 6) is 0.601. The van der Waals surface area contributed by atoms with E-state index in [-0.39, 0.29) is 68.9 Å². The molecule has 0 bridgehead atoms. The van der Waals surface area contributed by atoms with E-state index in [2.05, 4.69) is 28.8 Å². The summed E-state index contributed by atoms with van der Waals surface area (Å²) in [6.45, 7) is 7.11. The number of fused-ring (bicyclic) bond motifs is 1. The maximum atomic E-state index is 14.5. The molecular formula is C36H31Cl2N5O6. The molecule has 0 atom stereocenters. The zero-order chi connectivity index (χ0) is 35.2. The van der Waals surface area contributed by atoms with Crippen LogP contribution in [0.25, 0.3) is 22.2 Å². The van der Waals surface area contributed by atoms with E-state index < -0.39 is 5.56 Å². The number of hydrogen-bond acceptors (Lipinski definition) is 9. The van der Waals surface area contributed by atoms with Gasteiger partial charge in [0.1, 0.15) is 22.9 Å². The number of amides is 1. The fourth-order valence-corrected chi connectivity index (χ4v) is 5.85. The van der Waals surface area contributed by atoms with Crippen LogP contribution in [-0.2, 0) is 22.6 Å².